The van der Waals surface area contributed by atoms with Gasteiger partial charge in [-0.3, -0.25) is 14.9 Å². The van der Waals surface area contributed by atoms with Gasteiger partial charge in [0.25, 0.3) is 5.69 Å². The van der Waals surface area contributed by atoms with E-state index >= 15 is 0 Å². The zero-order chi connectivity index (χ0) is 26.3. The topological polar surface area (TPSA) is 108 Å². The second kappa shape index (κ2) is 9.67. The van der Waals surface area contributed by atoms with Gasteiger partial charge >= 0.3 is 5.97 Å². The zero-order valence-corrected chi connectivity index (χ0v) is 21.5. The van der Waals surface area contributed by atoms with E-state index in [2.05, 4.69) is 21.2 Å². The summed E-state index contributed by atoms with van der Waals surface area (Å²) >= 11 is 3.52. The molecule has 37 heavy (non-hydrogen) atoms. The maximum Gasteiger partial charge on any atom is 0.336 e. The SMILES string of the molecule is COC(=O)C1=C(C)NC2=C(C(=O)c3ccccc32)C1c1cc(Br)ccc1OCc1ccc([N+](=O)[O-])cc1. The summed E-state index contributed by atoms with van der Waals surface area (Å²) in [5, 5.41) is 14.2. The van der Waals surface area contributed by atoms with Gasteiger partial charge in [-0.05, 0) is 42.8 Å². The summed E-state index contributed by atoms with van der Waals surface area (Å²) in [6.07, 6.45) is 0. The van der Waals surface area contributed by atoms with E-state index in [4.69, 9.17) is 9.47 Å². The van der Waals surface area contributed by atoms with Crippen LogP contribution >= 0.6 is 15.9 Å². The van der Waals surface area contributed by atoms with Crippen molar-refractivity contribution in [2.75, 3.05) is 7.11 Å². The number of hydrogen-bond acceptors (Lipinski definition) is 7. The number of nitrogens with zero attached hydrogens (tertiary/aromatic N) is 1. The summed E-state index contributed by atoms with van der Waals surface area (Å²) in [5.41, 5.74) is 4.70. The predicted molar refractivity (Wildman–Crippen MR) is 140 cm³/mol. The minimum atomic E-state index is -0.743. The number of nitro groups is 1. The Balaban J connectivity index is 1.60. The fourth-order valence-corrected chi connectivity index (χ4v) is 5.15. The minimum Gasteiger partial charge on any atom is -0.489 e. The second-order valence-electron chi connectivity index (χ2n) is 8.65. The van der Waals surface area contributed by atoms with Gasteiger partial charge in [0, 0.05) is 44.6 Å². The number of methoxy groups -OCH3 is 1. The van der Waals surface area contributed by atoms with Crippen molar-refractivity contribution in [1.29, 1.82) is 0 Å². The molecule has 186 valence electrons. The first-order valence-corrected chi connectivity index (χ1v) is 12.2. The highest BCUT2D eigenvalue weighted by Gasteiger charge is 2.43. The van der Waals surface area contributed by atoms with Gasteiger partial charge in [0.15, 0.2) is 5.78 Å². The predicted octanol–water partition coefficient (Wildman–Crippen LogP) is 5.68. The quantitative estimate of drug-likeness (QED) is 0.235. The van der Waals surface area contributed by atoms with Gasteiger partial charge < -0.3 is 14.8 Å². The first-order chi connectivity index (χ1) is 17.8. The molecular formula is C28H21BrN2O6. The van der Waals surface area contributed by atoms with Crippen LogP contribution in [0.15, 0.2) is 88.0 Å². The van der Waals surface area contributed by atoms with Crippen LogP contribution in [0.25, 0.3) is 5.70 Å². The van der Waals surface area contributed by atoms with E-state index in [-0.39, 0.29) is 18.1 Å². The average molecular weight is 561 g/mol. The highest BCUT2D eigenvalue weighted by molar-refractivity contribution is 9.10. The summed E-state index contributed by atoms with van der Waals surface area (Å²) < 4.78 is 12.0. The minimum absolute atomic E-state index is 0.00935. The maximum atomic E-state index is 13.7. The molecule has 8 nitrogen and oxygen atoms in total. The van der Waals surface area contributed by atoms with Crippen molar-refractivity contribution in [3.8, 4) is 5.75 Å². The number of halogens is 1. The number of allylic oxidation sites excluding steroid dienone is 2. The Morgan fingerprint density at radius 1 is 1.08 bits per heavy atom. The molecule has 3 aromatic carbocycles. The van der Waals surface area contributed by atoms with Crippen molar-refractivity contribution in [3.05, 3.63) is 120 Å². The highest BCUT2D eigenvalue weighted by atomic mass is 79.9. The third-order valence-corrected chi connectivity index (χ3v) is 6.97. The molecule has 1 aliphatic carbocycles. The molecule has 0 radical (unpaired) electrons. The fourth-order valence-electron chi connectivity index (χ4n) is 4.77. The van der Waals surface area contributed by atoms with E-state index in [9.17, 15) is 19.7 Å². The Bertz CT molecular complexity index is 1520. The van der Waals surface area contributed by atoms with Gasteiger partial charge in [-0.1, -0.05) is 40.2 Å². The van der Waals surface area contributed by atoms with Crippen LogP contribution in [0.1, 0.15) is 39.9 Å². The van der Waals surface area contributed by atoms with Crippen LogP contribution in [-0.4, -0.2) is 23.8 Å². The third kappa shape index (κ3) is 4.31. The molecule has 1 heterocycles. The monoisotopic (exact) mass is 560 g/mol. The van der Waals surface area contributed by atoms with Crippen molar-refractivity contribution < 1.29 is 24.0 Å². The molecule has 1 N–H and O–H groups in total. The summed E-state index contributed by atoms with van der Waals surface area (Å²) in [7, 11) is 1.31. The molecule has 0 amide bonds. The van der Waals surface area contributed by atoms with Crippen molar-refractivity contribution in [1.82, 2.24) is 5.32 Å². The Labute approximate surface area is 220 Å². The lowest BCUT2D eigenvalue weighted by Crippen LogP contribution is -2.29. The van der Waals surface area contributed by atoms with E-state index in [0.717, 1.165) is 15.6 Å². The van der Waals surface area contributed by atoms with Crippen LogP contribution in [0.2, 0.25) is 0 Å². The number of carbonyl (C=O) groups is 2. The van der Waals surface area contributed by atoms with Crippen molar-refractivity contribution in [3.63, 3.8) is 0 Å². The van der Waals surface area contributed by atoms with Gasteiger partial charge in [-0.15, -0.1) is 0 Å². The largest absolute Gasteiger partial charge is 0.489 e. The number of Topliss-reactive ketones (excluding diaryl/α,β-unsaturated/α-hetero) is 1. The average Bonchev–Trinajstić information content (AvgIpc) is 3.18. The summed E-state index contributed by atoms with van der Waals surface area (Å²) in [6.45, 7) is 1.91. The van der Waals surface area contributed by atoms with E-state index in [1.54, 1.807) is 31.2 Å². The van der Waals surface area contributed by atoms with Crippen LogP contribution in [0.5, 0.6) is 5.75 Å². The smallest absolute Gasteiger partial charge is 0.336 e. The lowest BCUT2D eigenvalue weighted by molar-refractivity contribution is -0.384. The van der Waals surface area contributed by atoms with Crippen LogP contribution < -0.4 is 10.1 Å². The first kappa shape index (κ1) is 24.5. The van der Waals surface area contributed by atoms with Gasteiger partial charge in [-0.25, -0.2) is 4.79 Å². The zero-order valence-electron chi connectivity index (χ0n) is 19.9. The number of carbonyl (C=O) groups excluding carboxylic acids is 2. The summed E-state index contributed by atoms with van der Waals surface area (Å²) in [4.78, 5) is 37.2. The maximum absolute atomic E-state index is 13.7. The van der Waals surface area contributed by atoms with Gasteiger partial charge in [0.2, 0.25) is 0 Å². The number of non-ortho nitro benzene ring substituents is 1. The molecular weight excluding hydrogens is 540 g/mol. The lowest BCUT2D eigenvalue weighted by Gasteiger charge is -2.30. The number of nitro benzene ring substituents is 1. The molecule has 2 aliphatic rings. The van der Waals surface area contributed by atoms with E-state index in [0.29, 0.717) is 39.4 Å². The van der Waals surface area contributed by atoms with Crippen molar-refractivity contribution >= 4 is 39.1 Å². The normalized spacial score (nSPS) is 16.2. The summed E-state index contributed by atoms with van der Waals surface area (Å²) in [5.74, 6) is -0.990. The molecule has 1 atom stereocenters. The Morgan fingerprint density at radius 2 is 1.78 bits per heavy atom. The van der Waals surface area contributed by atoms with E-state index in [1.807, 2.05) is 30.3 Å². The number of ether oxygens (including phenoxy) is 2. The number of rotatable bonds is 6. The molecule has 0 saturated carbocycles. The molecule has 0 fully saturated rings. The van der Waals surface area contributed by atoms with Gasteiger partial charge in [-0.2, -0.15) is 0 Å². The van der Waals surface area contributed by atoms with Crippen molar-refractivity contribution in [2.24, 2.45) is 0 Å². The molecule has 5 rings (SSSR count). The number of fused-ring (bicyclic) bond motifs is 2. The molecule has 0 saturated heterocycles. The number of benzene rings is 3. The number of hydrogen-bond donors (Lipinski definition) is 1. The van der Waals surface area contributed by atoms with Gasteiger partial charge in [0.1, 0.15) is 12.4 Å². The molecule has 1 unspecified atom stereocenters. The van der Waals surface area contributed by atoms with Crippen LogP contribution in [0, 0.1) is 10.1 Å². The Morgan fingerprint density at radius 3 is 2.46 bits per heavy atom. The third-order valence-electron chi connectivity index (χ3n) is 6.48. The number of nitrogens with one attached hydrogen (secondary N) is 1. The van der Waals surface area contributed by atoms with Crippen LogP contribution in [0.4, 0.5) is 5.69 Å². The highest BCUT2D eigenvalue weighted by Crippen LogP contribution is 2.49. The fraction of sp³-hybridized carbons (Fsp3) is 0.143. The Hall–Kier alpha value is -4.24. The van der Waals surface area contributed by atoms with E-state index < -0.39 is 16.8 Å². The first-order valence-electron chi connectivity index (χ1n) is 11.4. The van der Waals surface area contributed by atoms with Crippen molar-refractivity contribution in [2.45, 2.75) is 19.4 Å². The number of dihydropyridines is 1. The molecule has 0 spiro atoms. The Kier molecular flexibility index (Phi) is 6.39. The standard InChI is InChI=1S/C28H21BrN2O6/c1-15-23(28(33)36-2)24(25-26(30-15)19-5-3-4-6-20(19)27(25)32)21-13-17(29)9-12-22(21)37-14-16-7-10-18(11-8-16)31(34)35/h3-13,24,30H,14H2,1-2H3. The van der Waals surface area contributed by atoms with Crippen LogP contribution in [0.3, 0.4) is 0 Å². The number of ketones is 1. The number of esters is 1. The molecule has 0 aromatic heterocycles. The molecule has 1 aliphatic heterocycles. The lowest BCUT2D eigenvalue weighted by atomic mass is 9.79. The summed E-state index contributed by atoms with van der Waals surface area (Å²) in [6, 6.07) is 18.8. The molecule has 3 aromatic rings. The molecule has 9 heteroatoms. The van der Waals surface area contributed by atoms with Crippen LogP contribution in [-0.2, 0) is 16.1 Å². The molecule has 0 bridgehead atoms. The van der Waals surface area contributed by atoms with Gasteiger partial charge in [0.05, 0.1) is 29.2 Å². The van der Waals surface area contributed by atoms with E-state index in [1.165, 1.54) is 19.2 Å². The second-order valence-corrected chi connectivity index (χ2v) is 9.56.